The Morgan fingerprint density at radius 3 is 2.33 bits per heavy atom. The second kappa shape index (κ2) is 5.82. The minimum absolute atomic E-state index is 0.150. The van der Waals surface area contributed by atoms with E-state index in [4.69, 9.17) is 40.6 Å². The number of rotatable bonds is 3. The fraction of sp³-hybridized carbons (Fsp3) is 0.125. The van der Waals surface area contributed by atoms with Crippen LogP contribution in [-0.2, 0) is 4.79 Å². The van der Waals surface area contributed by atoms with E-state index >= 15 is 0 Å². The molecule has 0 radical (unpaired) electrons. The van der Waals surface area contributed by atoms with Crippen LogP contribution in [0.15, 0.2) is 17.0 Å². The second-order valence-corrected chi connectivity index (χ2v) is 4.79. The minimum Gasteiger partial charge on any atom is -0.294 e. The monoisotopic (exact) mass is 284 g/mol. The normalized spacial score (nSPS) is 10.1. The summed E-state index contributed by atoms with van der Waals surface area (Å²) in [5.41, 5.74) is 2.01. The fourth-order valence-electron chi connectivity index (χ4n) is 0.846. The van der Waals surface area contributed by atoms with Crippen LogP contribution in [0.4, 0.5) is 0 Å². The summed E-state index contributed by atoms with van der Waals surface area (Å²) in [7, 11) is 0. The molecule has 0 bridgehead atoms. The third-order valence-corrected chi connectivity index (χ3v) is 3.65. The van der Waals surface area contributed by atoms with Crippen LogP contribution in [0.25, 0.3) is 0 Å². The number of amides is 1. The van der Waals surface area contributed by atoms with E-state index in [1.165, 1.54) is 11.8 Å². The van der Waals surface area contributed by atoms with Crippen molar-refractivity contribution in [2.24, 2.45) is 5.84 Å². The number of hydrogen-bond donors (Lipinski definition) is 2. The molecule has 15 heavy (non-hydrogen) atoms. The van der Waals surface area contributed by atoms with Gasteiger partial charge in [0.15, 0.2) is 0 Å². The Balaban J connectivity index is 2.81. The van der Waals surface area contributed by atoms with Crippen LogP contribution in [0.5, 0.6) is 0 Å². The smallest absolute Gasteiger partial charge is 0.244 e. The second-order valence-electron chi connectivity index (χ2n) is 2.55. The summed E-state index contributed by atoms with van der Waals surface area (Å²) >= 11 is 18.8. The van der Waals surface area contributed by atoms with E-state index in [1.807, 2.05) is 5.43 Å². The van der Waals surface area contributed by atoms with Crippen LogP contribution in [-0.4, -0.2) is 11.7 Å². The van der Waals surface area contributed by atoms with Crippen LogP contribution in [0.2, 0.25) is 15.1 Å². The molecule has 82 valence electrons. The van der Waals surface area contributed by atoms with Crippen molar-refractivity contribution < 1.29 is 4.79 Å². The highest BCUT2D eigenvalue weighted by atomic mass is 35.5. The third kappa shape index (κ3) is 3.74. The number of hydrazine groups is 1. The van der Waals surface area contributed by atoms with Gasteiger partial charge in [-0.1, -0.05) is 34.8 Å². The van der Waals surface area contributed by atoms with Crippen molar-refractivity contribution in [1.29, 1.82) is 0 Å². The molecule has 0 spiro atoms. The number of halogens is 3. The molecule has 3 nitrogen and oxygen atoms in total. The van der Waals surface area contributed by atoms with Crippen LogP contribution in [0.1, 0.15) is 0 Å². The van der Waals surface area contributed by atoms with Gasteiger partial charge in [0.2, 0.25) is 5.91 Å². The lowest BCUT2D eigenvalue weighted by Crippen LogP contribution is -2.31. The molecule has 0 aliphatic carbocycles. The van der Waals surface area contributed by atoms with Gasteiger partial charge in [-0.15, -0.1) is 11.8 Å². The predicted molar refractivity (Wildman–Crippen MR) is 64.5 cm³/mol. The maximum absolute atomic E-state index is 10.9. The molecule has 0 aromatic heterocycles. The van der Waals surface area contributed by atoms with Crippen LogP contribution in [0.3, 0.4) is 0 Å². The van der Waals surface area contributed by atoms with Crippen molar-refractivity contribution in [1.82, 2.24) is 5.43 Å². The summed E-state index contributed by atoms with van der Waals surface area (Å²) in [5.74, 6) is 4.78. The summed E-state index contributed by atoms with van der Waals surface area (Å²) in [4.78, 5) is 11.5. The molecular formula is C8H7Cl3N2OS. The maximum Gasteiger partial charge on any atom is 0.244 e. The first-order chi connectivity index (χ1) is 7.04. The molecule has 0 heterocycles. The number of thioether (sulfide) groups is 1. The van der Waals surface area contributed by atoms with Gasteiger partial charge in [0, 0.05) is 9.92 Å². The van der Waals surface area contributed by atoms with Crippen molar-refractivity contribution in [3.8, 4) is 0 Å². The summed E-state index contributed by atoms with van der Waals surface area (Å²) in [5, 5.41) is 1.29. The quantitative estimate of drug-likeness (QED) is 0.388. The first-order valence-electron chi connectivity index (χ1n) is 3.81. The van der Waals surface area contributed by atoms with Crippen LogP contribution < -0.4 is 11.3 Å². The van der Waals surface area contributed by atoms with Gasteiger partial charge < -0.3 is 0 Å². The zero-order valence-corrected chi connectivity index (χ0v) is 10.5. The van der Waals surface area contributed by atoms with E-state index in [1.54, 1.807) is 12.1 Å². The van der Waals surface area contributed by atoms with E-state index in [0.717, 1.165) is 0 Å². The van der Waals surface area contributed by atoms with Crippen molar-refractivity contribution in [2.75, 3.05) is 5.75 Å². The van der Waals surface area contributed by atoms with Gasteiger partial charge in [0.1, 0.15) is 0 Å². The SMILES string of the molecule is NNC(=O)CSc1c(Cl)cc(Cl)cc1Cl. The van der Waals surface area contributed by atoms with E-state index < -0.39 is 0 Å². The zero-order valence-electron chi connectivity index (χ0n) is 7.39. The highest BCUT2D eigenvalue weighted by molar-refractivity contribution is 8.00. The van der Waals surface area contributed by atoms with E-state index in [0.29, 0.717) is 20.0 Å². The van der Waals surface area contributed by atoms with Gasteiger partial charge in [-0.3, -0.25) is 10.2 Å². The number of benzene rings is 1. The number of carbonyl (C=O) groups excluding carboxylic acids is 1. The first-order valence-corrected chi connectivity index (χ1v) is 5.93. The Hall–Kier alpha value is -0.130. The predicted octanol–water partition coefficient (Wildman–Crippen LogP) is 2.73. The first kappa shape index (κ1) is 12.9. The highest BCUT2D eigenvalue weighted by Crippen LogP contribution is 2.36. The van der Waals surface area contributed by atoms with Crippen LogP contribution in [0, 0.1) is 0 Å². The summed E-state index contributed by atoms with van der Waals surface area (Å²) in [6.07, 6.45) is 0. The average Bonchev–Trinajstić information content (AvgIpc) is 2.15. The lowest BCUT2D eigenvalue weighted by atomic mass is 10.4. The Labute approximate surface area is 106 Å². The molecule has 1 amide bonds. The molecule has 0 aliphatic heterocycles. The zero-order chi connectivity index (χ0) is 11.4. The largest absolute Gasteiger partial charge is 0.294 e. The topological polar surface area (TPSA) is 55.1 Å². The van der Waals surface area contributed by atoms with Gasteiger partial charge in [0.25, 0.3) is 0 Å². The van der Waals surface area contributed by atoms with Crippen molar-refractivity contribution in [2.45, 2.75) is 4.90 Å². The van der Waals surface area contributed by atoms with Crippen molar-refractivity contribution in [3.63, 3.8) is 0 Å². The van der Waals surface area contributed by atoms with E-state index in [9.17, 15) is 4.79 Å². The summed E-state index contributed by atoms with van der Waals surface area (Å²) in [6.45, 7) is 0. The number of hydrogen-bond acceptors (Lipinski definition) is 3. The van der Waals surface area contributed by atoms with E-state index in [2.05, 4.69) is 0 Å². The average molecular weight is 286 g/mol. The molecule has 1 aromatic rings. The Bertz CT molecular complexity index is 363. The molecule has 0 atom stereocenters. The number of nitrogens with one attached hydrogen (secondary N) is 1. The molecule has 0 fully saturated rings. The van der Waals surface area contributed by atoms with Gasteiger partial charge in [-0.05, 0) is 12.1 Å². The molecule has 0 unspecified atom stereocenters. The van der Waals surface area contributed by atoms with E-state index in [-0.39, 0.29) is 11.7 Å². The molecule has 0 saturated heterocycles. The number of nitrogens with two attached hydrogens (primary N) is 1. The molecule has 0 aliphatic rings. The minimum atomic E-state index is -0.304. The van der Waals surface area contributed by atoms with Gasteiger partial charge in [-0.2, -0.15) is 0 Å². The lowest BCUT2D eigenvalue weighted by molar-refractivity contribution is -0.118. The summed E-state index contributed by atoms with van der Waals surface area (Å²) in [6, 6.07) is 3.13. The molecule has 1 rings (SSSR count). The molecule has 7 heteroatoms. The Kier molecular flexibility index (Phi) is 5.02. The van der Waals surface area contributed by atoms with Crippen LogP contribution >= 0.6 is 46.6 Å². The molecule has 0 saturated carbocycles. The fourth-order valence-corrected chi connectivity index (χ4v) is 2.74. The van der Waals surface area contributed by atoms with Gasteiger partial charge in [-0.25, -0.2) is 5.84 Å². The maximum atomic E-state index is 10.9. The highest BCUT2D eigenvalue weighted by Gasteiger charge is 2.10. The standard InChI is InChI=1S/C8H7Cl3N2OS/c9-4-1-5(10)8(6(11)2-4)15-3-7(14)13-12/h1-2H,3,12H2,(H,13,14). The van der Waals surface area contributed by atoms with Gasteiger partial charge in [0.05, 0.1) is 15.8 Å². The Morgan fingerprint density at radius 2 is 1.87 bits per heavy atom. The molecule has 3 N–H and O–H groups in total. The Morgan fingerprint density at radius 1 is 1.33 bits per heavy atom. The van der Waals surface area contributed by atoms with Gasteiger partial charge >= 0.3 is 0 Å². The third-order valence-electron chi connectivity index (χ3n) is 1.47. The van der Waals surface area contributed by atoms with Crippen molar-refractivity contribution >= 4 is 52.5 Å². The number of carbonyl (C=O) groups is 1. The summed E-state index contributed by atoms with van der Waals surface area (Å²) < 4.78 is 0. The lowest BCUT2D eigenvalue weighted by Gasteiger charge is -2.06. The molecular weight excluding hydrogens is 279 g/mol. The van der Waals surface area contributed by atoms with Crippen molar-refractivity contribution in [3.05, 3.63) is 27.2 Å². The molecule has 1 aromatic carbocycles.